The minimum Gasteiger partial charge on any atom is -0.379 e. The summed E-state index contributed by atoms with van der Waals surface area (Å²) in [6.07, 6.45) is 1.18. The van der Waals surface area contributed by atoms with Crippen LogP contribution in [0, 0.1) is 12.7 Å². The summed E-state index contributed by atoms with van der Waals surface area (Å²) < 4.78 is 18.9. The summed E-state index contributed by atoms with van der Waals surface area (Å²) in [4.78, 5) is 4.14. The maximum atomic E-state index is 13.5. The maximum Gasteiger partial charge on any atom is 0.191 e. The van der Waals surface area contributed by atoms with E-state index in [1.165, 1.54) is 0 Å². The molecule has 0 saturated heterocycles. The number of aliphatic imine (C=N–C) groups is 1. The minimum atomic E-state index is -0.178. The van der Waals surface area contributed by atoms with Crippen molar-refractivity contribution in [2.24, 2.45) is 4.99 Å². The monoisotopic (exact) mass is 423 g/mol. The molecule has 2 N–H and O–H groups in total. The molecule has 22 heavy (non-hydrogen) atoms. The fourth-order valence-electron chi connectivity index (χ4n) is 1.75. The summed E-state index contributed by atoms with van der Waals surface area (Å²) in [6.45, 7) is 7.86. The SMILES string of the molecule is CN=C(NCCCOC(C)C)NCc1ccc(C)c(F)c1.I. The first-order valence-corrected chi connectivity index (χ1v) is 7.34. The molecular formula is C16H27FIN3O. The van der Waals surface area contributed by atoms with E-state index in [1.54, 1.807) is 26.1 Å². The summed E-state index contributed by atoms with van der Waals surface area (Å²) in [5.41, 5.74) is 1.55. The normalized spacial score (nSPS) is 11.3. The van der Waals surface area contributed by atoms with Gasteiger partial charge in [-0.25, -0.2) is 4.39 Å². The highest BCUT2D eigenvalue weighted by molar-refractivity contribution is 14.0. The van der Waals surface area contributed by atoms with Crippen LogP contribution in [0.3, 0.4) is 0 Å². The molecule has 0 bridgehead atoms. The first-order chi connectivity index (χ1) is 10.0. The molecule has 0 fully saturated rings. The van der Waals surface area contributed by atoms with E-state index in [1.807, 2.05) is 19.9 Å². The van der Waals surface area contributed by atoms with Crippen LogP contribution in [-0.4, -0.2) is 32.3 Å². The predicted molar refractivity (Wildman–Crippen MR) is 100 cm³/mol. The Bertz CT molecular complexity index is 467. The zero-order chi connectivity index (χ0) is 15.7. The molecular weight excluding hydrogens is 396 g/mol. The molecule has 6 heteroatoms. The van der Waals surface area contributed by atoms with Crippen LogP contribution in [0.2, 0.25) is 0 Å². The zero-order valence-corrected chi connectivity index (χ0v) is 16.1. The van der Waals surface area contributed by atoms with Crippen molar-refractivity contribution in [3.05, 3.63) is 35.1 Å². The number of ether oxygens (including phenoxy) is 1. The van der Waals surface area contributed by atoms with Gasteiger partial charge in [0.25, 0.3) is 0 Å². The number of hydrogen-bond acceptors (Lipinski definition) is 2. The Morgan fingerprint density at radius 3 is 2.64 bits per heavy atom. The van der Waals surface area contributed by atoms with Crippen molar-refractivity contribution in [1.29, 1.82) is 0 Å². The highest BCUT2D eigenvalue weighted by Crippen LogP contribution is 2.08. The van der Waals surface area contributed by atoms with Crippen LogP contribution < -0.4 is 10.6 Å². The van der Waals surface area contributed by atoms with Crippen molar-refractivity contribution in [3.8, 4) is 0 Å². The van der Waals surface area contributed by atoms with Crippen LogP contribution in [0.25, 0.3) is 0 Å². The third-order valence-electron chi connectivity index (χ3n) is 2.98. The van der Waals surface area contributed by atoms with E-state index >= 15 is 0 Å². The standard InChI is InChI=1S/C16H26FN3O.HI/c1-12(2)21-9-5-8-19-16(18-4)20-11-14-7-6-13(3)15(17)10-14;/h6-7,10,12H,5,8-9,11H2,1-4H3,(H2,18,19,20);1H. The smallest absolute Gasteiger partial charge is 0.191 e. The molecule has 1 aromatic carbocycles. The molecule has 1 aromatic rings. The van der Waals surface area contributed by atoms with Crippen molar-refractivity contribution in [2.45, 2.75) is 39.8 Å². The molecule has 0 aliphatic carbocycles. The third kappa shape index (κ3) is 8.53. The van der Waals surface area contributed by atoms with E-state index in [2.05, 4.69) is 15.6 Å². The zero-order valence-electron chi connectivity index (χ0n) is 13.8. The Morgan fingerprint density at radius 2 is 2.05 bits per heavy atom. The van der Waals surface area contributed by atoms with E-state index in [0.717, 1.165) is 25.1 Å². The van der Waals surface area contributed by atoms with Gasteiger partial charge in [0.2, 0.25) is 0 Å². The average Bonchev–Trinajstić information content (AvgIpc) is 2.45. The lowest BCUT2D eigenvalue weighted by Gasteiger charge is -2.13. The molecule has 0 atom stereocenters. The molecule has 0 amide bonds. The number of halogens is 2. The van der Waals surface area contributed by atoms with Crippen LogP contribution in [-0.2, 0) is 11.3 Å². The molecule has 0 aliphatic heterocycles. The Morgan fingerprint density at radius 1 is 1.32 bits per heavy atom. The second-order valence-corrected chi connectivity index (χ2v) is 5.21. The minimum absolute atomic E-state index is 0. The fourth-order valence-corrected chi connectivity index (χ4v) is 1.75. The number of rotatable bonds is 7. The van der Waals surface area contributed by atoms with Crippen LogP contribution in [0.15, 0.2) is 23.2 Å². The molecule has 0 saturated carbocycles. The van der Waals surface area contributed by atoms with Crippen LogP contribution in [0.5, 0.6) is 0 Å². The van der Waals surface area contributed by atoms with Gasteiger partial charge in [-0.15, -0.1) is 24.0 Å². The second kappa shape index (κ2) is 11.6. The highest BCUT2D eigenvalue weighted by atomic mass is 127. The number of aryl methyl sites for hydroxylation is 1. The molecule has 0 aromatic heterocycles. The molecule has 1 rings (SSSR count). The van der Waals surface area contributed by atoms with Crippen LogP contribution >= 0.6 is 24.0 Å². The van der Waals surface area contributed by atoms with Gasteiger partial charge in [0.15, 0.2) is 5.96 Å². The first-order valence-electron chi connectivity index (χ1n) is 7.34. The summed E-state index contributed by atoms with van der Waals surface area (Å²) in [5.74, 6) is 0.531. The van der Waals surface area contributed by atoms with Crippen molar-refractivity contribution < 1.29 is 9.13 Å². The Hall–Kier alpha value is -0.890. The van der Waals surface area contributed by atoms with Gasteiger partial charge in [-0.3, -0.25) is 4.99 Å². The molecule has 0 aliphatic rings. The second-order valence-electron chi connectivity index (χ2n) is 5.21. The highest BCUT2D eigenvalue weighted by Gasteiger charge is 2.01. The van der Waals surface area contributed by atoms with Gasteiger partial charge in [-0.2, -0.15) is 0 Å². The molecule has 0 heterocycles. The molecule has 126 valence electrons. The van der Waals surface area contributed by atoms with Gasteiger partial charge in [0.05, 0.1) is 6.10 Å². The van der Waals surface area contributed by atoms with E-state index in [4.69, 9.17) is 4.74 Å². The first kappa shape index (κ1) is 21.1. The van der Waals surface area contributed by atoms with Crippen molar-refractivity contribution >= 4 is 29.9 Å². The number of guanidine groups is 1. The lowest BCUT2D eigenvalue weighted by molar-refractivity contribution is 0.0776. The van der Waals surface area contributed by atoms with E-state index < -0.39 is 0 Å². The molecule has 4 nitrogen and oxygen atoms in total. The van der Waals surface area contributed by atoms with E-state index in [-0.39, 0.29) is 35.9 Å². The fraction of sp³-hybridized carbons (Fsp3) is 0.562. The lowest BCUT2D eigenvalue weighted by Crippen LogP contribution is -2.37. The van der Waals surface area contributed by atoms with Crippen LogP contribution in [0.4, 0.5) is 4.39 Å². The quantitative estimate of drug-likeness (QED) is 0.307. The number of nitrogens with one attached hydrogen (secondary N) is 2. The van der Waals surface area contributed by atoms with Gasteiger partial charge >= 0.3 is 0 Å². The van der Waals surface area contributed by atoms with Gasteiger partial charge in [-0.05, 0) is 44.4 Å². The Balaban J connectivity index is 0.00000441. The number of hydrogen-bond donors (Lipinski definition) is 2. The van der Waals surface area contributed by atoms with E-state index in [0.29, 0.717) is 18.1 Å². The molecule has 0 radical (unpaired) electrons. The summed E-state index contributed by atoms with van der Waals surface area (Å²) >= 11 is 0. The summed E-state index contributed by atoms with van der Waals surface area (Å²) in [5, 5.41) is 6.37. The largest absolute Gasteiger partial charge is 0.379 e. The summed E-state index contributed by atoms with van der Waals surface area (Å²) in [6, 6.07) is 5.24. The number of nitrogens with zero attached hydrogens (tertiary/aromatic N) is 1. The molecule has 0 spiro atoms. The third-order valence-corrected chi connectivity index (χ3v) is 2.98. The van der Waals surface area contributed by atoms with Crippen molar-refractivity contribution in [1.82, 2.24) is 10.6 Å². The van der Waals surface area contributed by atoms with Crippen LogP contribution in [0.1, 0.15) is 31.4 Å². The van der Waals surface area contributed by atoms with Gasteiger partial charge in [0, 0.05) is 26.7 Å². The van der Waals surface area contributed by atoms with Crippen molar-refractivity contribution in [3.63, 3.8) is 0 Å². The topological polar surface area (TPSA) is 45.7 Å². The van der Waals surface area contributed by atoms with E-state index in [9.17, 15) is 4.39 Å². The average molecular weight is 423 g/mol. The predicted octanol–water partition coefficient (Wildman–Crippen LogP) is 3.23. The maximum absolute atomic E-state index is 13.5. The van der Waals surface area contributed by atoms with Crippen molar-refractivity contribution in [2.75, 3.05) is 20.2 Å². The van der Waals surface area contributed by atoms with Gasteiger partial charge < -0.3 is 15.4 Å². The Kier molecular flexibility index (Phi) is 11.2. The van der Waals surface area contributed by atoms with Gasteiger partial charge in [-0.1, -0.05) is 12.1 Å². The lowest BCUT2D eigenvalue weighted by atomic mass is 10.1. The Labute approximate surface area is 149 Å². The molecule has 0 unspecified atom stereocenters. The summed E-state index contributed by atoms with van der Waals surface area (Å²) in [7, 11) is 1.72. The van der Waals surface area contributed by atoms with Gasteiger partial charge in [0.1, 0.15) is 5.82 Å². The number of benzene rings is 1.